The van der Waals surface area contributed by atoms with Crippen LogP contribution in [0.25, 0.3) is 0 Å². The van der Waals surface area contributed by atoms with Gasteiger partial charge in [-0.2, -0.15) is 0 Å². The maximum absolute atomic E-state index is 12.7. The summed E-state index contributed by atoms with van der Waals surface area (Å²) in [6.45, 7) is 4.41. The van der Waals surface area contributed by atoms with Crippen LogP contribution in [-0.4, -0.2) is 23.1 Å². The molecule has 1 atom stereocenters. The number of ether oxygens (including phenoxy) is 1. The predicted molar refractivity (Wildman–Crippen MR) is 227 cm³/mol. The highest BCUT2D eigenvalue weighted by atomic mass is 16.5. The fraction of sp³-hybridized carbons (Fsp3) is 0.708. The fourth-order valence-electron chi connectivity index (χ4n) is 6.25. The summed E-state index contributed by atoms with van der Waals surface area (Å²) in [5, 5.41) is 8.70. The highest BCUT2D eigenvalue weighted by Gasteiger charge is 2.14. The molecule has 0 heterocycles. The van der Waals surface area contributed by atoms with Gasteiger partial charge in [-0.1, -0.05) is 183 Å². The van der Waals surface area contributed by atoms with Crippen molar-refractivity contribution < 1.29 is 19.4 Å². The van der Waals surface area contributed by atoms with Gasteiger partial charge in [0.15, 0.2) is 0 Å². The van der Waals surface area contributed by atoms with Gasteiger partial charge in [0, 0.05) is 12.8 Å². The van der Waals surface area contributed by atoms with Gasteiger partial charge in [-0.25, -0.2) is 0 Å². The Labute approximate surface area is 322 Å². The molecule has 0 radical (unpaired) electrons. The van der Waals surface area contributed by atoms with E-state index < -0.39 is 5.97 Å². The van der Waals surface area contributed by atoms with E-state index in [-0.39, 0.29) is 12.1 Å². The summed E-state index contributed by atoms with van der Waals surface area (Å²) in [7, 11) is 0. The molecule has 0 bridgehead atoms. The first-order chi connectivity index (χ1) is 25.6. The van der Waals surface area contributed by atoms with Gasteiger partial charge in [0.25, 0.3) is 0 Å². The number of hydrogen-bond acceptors (Lipinski definition) is 3. The normalized spacial score (nSPS) is 13.0. The average Bonchev–Trinajstić information content (AvgIpc) is 3.13. The van der Waals surface area contributed by atoms with Gasteiger partial charge in [0.2, 0.25) is 0 Å². The molecule has 0 aliphatic carbocycles. The number of allylic oxidation sites excluding steroid dienone is 12. The standard InChI is InChI=1S/C48H82O4/c1-3-5-7-9-10-11-12-13-14-15-16-17-18-19-20-24-27-30-33-37-41-45-48(51)52-46(42-38-34-8-6-4-2)43-39-35-31-28-25-22-21-23-26-29-32-36-40-44-47(49)50/h5,7,10-11,13-14,16-17,19-20,27,30,46H,3-4,6,8-9,12,15,18,21-26,28-29,31-45H2,1-2H3,(H,49,50)/b7-5-,11-10-,14-13-,17-16-,20-19-,30-27-. The third kappa shape index (κ3) is 41.8. The third-order valence-electron chi connectivity index (χ3n) is 9.44. The lowest BCUT2D eigenvalue weighted by Crippen LogP contribution is -2.18. The van der Waals surface area contributed by atoms with Gasteiger partial charge >= 0.3 is 11.9 Å². The molecule has 0 aliphatic rings. The molecule has 0 rings (SSSR count). The number of esters is 1. The van der Waals surface area contributed by atoms with Crippen LogP contribution in [0.5, 0.6) is 0 Å². The summed E-state index contributed by atoms with van der Waals surface area (Å²) in [6, 6.07) is 0. The van der Waals surface area contributed by atoms with Crippen molar-refractivity contribution in [2.75, 3.05) is 0 Å². The van der Waals surface area contributed by atoms with Gasteiger partial charge in [-0.3, -0.25) is 9.59 Å². The lowest BCUT2D eigenvalue weighted by Gasteiger charge is -2.18. The van der Waals surface area contributed by atoms with E-state index in [0.29, 0.717) is 12.8 Å². The largest absolute Gasteiger partial charge is 0.481 e. The molecule has 0 aromatic heterocycles. The van der Waals surface area contributed by atoms with Crippen molar-refractivity contribution in [1.29, 1.82) is 0 Å². The molecule has 0 aromatic rings. The number of carboxylic acids is 1. The number of unbranched alkanes of at least 4 members (excludes halogenated alkanes) is 18. The van der Waals surface area contributed by atoms with Crippen LogP contribution in [0.4, 0.5) is 0 Å². The number of carbonyl (C=O) groups excluding carboxylic acids is 1. The Bertz CT molecular complexity index is 953. The van der Waals surface area contributed by atoms with E-state index in [1.165, 1.54) is 96.3 Å². The zero-order valence-corrected chi connectivity index (χ0v) is 34.1. The first-order valence-electron chi connectivity index (χ1n) is 21.9. The van der Waals surface area contributed by atoms with E-state index >= 15 is 0 Å². The van der Waals surface area contributed by atoms with Crippen LogP contribution < -0.4 is 0 Å². The summed E-state index contributed by atoms with van der Waals surface area (Å²) in [5.74, 6) is -0.669. The lowest BCUT2D eigenvalue weighted by atomic mass is 10.0. The fourth-order valence-corrected chi connectivity index (χ4v) is 6.25. The Kier molecular flexibility index (Phi) is 40.6. The van der Waals surface area contributed by atoms with Crippen LogP contribution in [0.1, 0.15) is 213 Å². The number of rotatable bonds is 39. The van der Waals surface area contributed by atoms with Gasteiger partial charge in [-0.15, -0.1) is 0 Å². The minimum Gasteiger partial charge on any atom is -0.481 e. The molecular formula is C48H82O4. The minimum atomic E-state index is -0.671. The van der Waals surface area contributed by atoms with Crippen molar-refractivity contribution >= 4 is 11.9 Å². The van der Waals surface area contributed by atoms with Gasteiger partial charge < -0.3 is 9.84 Å². The van der Waals surface area contributed by atoms with Crippen LogP contribution in [-0.2, 0) is 14.3 Å². The molecule has 0 aromatic carbocycles. The van der Waals surface area contributed by atoms with Crippen LogP contribution in [0.15, 0.2) is 72.9 Å². The van der Waals surface area contributed by atoms with E-state index in [9.17, 15) is 9.59 Å². The molecule has 0 saturated carbocycles. The van der Waals surface area contributed by atoms with Gasteiger partial charge in [0.1, 0.15) is 6.10 Å². The van der Waals surface area contributed by atoms with E-state index in [2.05, 4.69) is 86.8 Å². The average molecular weight is 723 g/mol. The highest BCUT2D eigenvalue weighted by Crippen LogP contribution is 2.19. The molecule has 1 N–H and O–H groups in total. The number of aliphatic carboxylic acids is 1. The van der Waals surface area contributed by atoms with E-state index in [1.54, 1.807) is 0 Å². The smallest absolute Gasteiger partial charge is 0.306 e. The van der Waals surface area contributed by atoms with Crippen LogP contribution in [0.2, 0.25) is 0 Å². The topological polar surface area (TPSA) is 63.6 Å². The molecule has 0 fully saturated rings. The summed E-state index contributed by atoms with van der Waals surface area (Å²) in [5.41, 5.74) is 0. The second kappa shape index (κ2) is 42.8. The second-order valence-electron chi connectivity index (χ2n) is 14.5. The third-order valence-corrected chi connectivity index (χ3v) is 9.44. The van der Waals surface area contributed by atoms with Crippen molar-refractivity contribution in [1.82, 2.24) is 0 Å². The van der Waals surface area contributed by atoms with Gasteiger partial charge in [-0.05, 0) is 89.9 Å². The zero-order valence-electron chi connectivity index (χ0n) is 34.1. The molecule has 4 heteroatoms. The molecule has 52 heavy (non-hydrogen) atoms. The van der Waals surface area contributed by atoms with Crippen molar-refractivity contribution in [3.63, 3.8) is 0 Å². The zero-order chi connectivity index (χ0) is 37.8. The maximum atomic E-state index is 12.7. The van der Waals surface area contributed by atoms with Crippen molar-refractivity contribution in [2.45, 2.75) is 219 Å². The Morgan fingerprint density at radius 3 is 1.23 bits per heavy atom. The summed E-state index contributed by atoms with van der Waals surface area (Å²) in [6.07, 6.45) is 61.0. The van der Waals surface area contributed by atoms with Crippen molar-refractivity contribution in [3.8, 4) is 0 Å². The van der Waals surface area contributed by atoms with Crippen molar-refractivity contribution in [3.05, 3.63) is 72.9 Å². The maximum Gasteiger partial charge on any atom is 0.306 e. The highest BCUT2D eigenvalue weighted by molar-refractivity contribution is 5.69. The molecule has 0 amide bonds. The Morgan fingerprint density at radius 1 is 0.442 bits per heavy atom. The van der Waals surface area contributed by atoms with Crippen LogP contribution in [0, 0.1) is 0 Å². The Morgan fingerprint density at radius 2 is 0.808 bits per heavy atom. The summed E-state index contributed by atoms with van der Waals surface area (Å²) >= 11 is 0. The van der Waals surface area contributed by atoms with Gasteiger partial charge in [0.05, 0.1) is 0 Å². The first-order valence-corrected chi connectivity index (χ1v) is 21.9. The Hall–Kier alpha value is -2.62. The SMILES string of the molecule is CC/C=C\C/C=C\C/C=C\C/C=C\C/C=C\C/C=C\CCCCC(=O)OC(CCCCCCC)CCCCCCCCCCCCCCCC(=O)O. The van der Waals surface area contributed by atoms with E-state index in [1.807, 2.05) is 0 Å². The van der Waals surface area contributed by atoms with E-state index in [4.69, 9.17) is 9.84 Å². The second-order valence-corrected chi connectivity index (χ2v) is 14.5. The molecule has 0 aliphatic heterocycles. The molecule has 298 valence electrons. The number of hydrogen-bond donors (Lipinski definition) is 1. The first kappa shape index (κ1) is 49.4. The molecule has 0 spiro atoms. The monoisotopic (exact) mass is 723 g/mol. The van der Waals surface area contributed by atoms with Crippen LogP contribution in [0.3, 0.4) is 0 Å². The van der Waals surface area contributed by atoms with Crippen LogP contribution >= 0.6 is 0 Å². The lowest BCUT2D eigenvalue weighted by molar-refractivity contribution is -0.150. The van der Waals surface area contributed by atoms with E-state index in [0.717, 1.165) is 89.9 Å². The van der Waals surface area contributed by atoms with Crippen molar-refractivity contribution in [2.24, 2.45) is 0 Å². The quantitative estimate of drug-likeness (QED) is 0.0390. The predicted octanol–water partition coefficient (Wildman–Crippen LogP) is 15.5. The number of carbonyl (C=O) groups is 2. The molecule has 4 nitrogen and oxygen atoms in total. The Balaban J connectivity index is 3.97. The minimum absolute atomic E-state index is 0.00146. The summed E-state index contributed by atoms with van der Waals surface area (Å²) < 4.78 is 6.02. The molecule has 1 unspecified atom stereocenters. The molecular weight excluding hydrogens is 641 g/mol. The summed E-state index contributed by atoms with van der Waals surface area (Å²) in [4.78, 5) is 23.2. The molecule has 0 saturated heterocycles. The number of carboxylic acid groups (broad SMARTS) is 1.